The highest BCUT2D eigenvalue weighted by molar-refractivity contribution is 5.74. The average molecular weight is 282 g/mol. The molecule has 2 aromatic carbocycles. The van der Waals surface area contributed by atoms with Gasteiger partial charge in [-0.1, -0.05) is 12.1 Å². The maximum absolute atomic E-state index is 12.9. The van der Waals surface area contributed by atoms with Crippen LogP contribution >= 0.6 is 0 Å². The van der Waals surface area contributed by atoms with Crippen LogP contribution in [0.15, 0.2) is 65.1 Å². The molecule has 21 heavy (non-hydrogen) atoms. The first-order valence-electron chi connectivity index (χ1n) is 6.34. The number of carbonyl (C=O) groups excluding carboxylic acids is 1. The maximum Gasteiger partial charge on any atom is 0.185 e. The SMILES string of the molecule is O=Cc1ccc(-c2ccccc2Oc2ccc(F)cc2)o1. The van der Waals surface area contributed by atoms with Gasteiger partial charge in [0.25, 0.3) is 0 Å². The molecule has 0 unspecified atom stereocenters. The highest BCUT2D eigenvalue weighted by atomic mass is 19.1. The second-order valence-electron chi connectivity index (χ2n) is 4.37. The monoisotopic (exact) mass is 282 g/mol. The number of benzene rings is 2. The number of hydrogen-bond acceptors (Lipinski definition) is 3. The van der Waals surface area contributed by atoms with Gasteiger partial charge in [-0.25, -0.2) is 4.39 Å². The molecule has 0 aliphatic rings. The molecule has 0 saturated carbocycles. The minimum Gasteiger partial charge on any atom is -0.457 e. The summed E-state index contributed by atoms with van der Waals surface area (Å²) >= 11 is 0. The number of aldehydes is 1. The van der Waals surface area contributed by atoms with Crippen LogP contribution in [0.2, 0.25) is 0 Å². The third-order valence-electron chi connectivity index (χ3n) is 2.94. The van der Waals surface area contributed by atoms with E-state index in [0.717, 1.165) is 5.56 Å². The van der Waals surface area contributed by atoms with E-state index >= 15 is 0 Å². The largest absolute Gasteiger partial charge is 0.457 e. The highest BCUT2D eigenvalue weighted by Gasteiger charge is 2.11. The minimum atomic E-state index is -0.322. The number of hydrogen-bond donors (Lipinski definition) is 0. The summed E-state index contributed by atoms with van der Waals surface area (Å²) in [5.41, 5.74) is 0.718. The van der Waals surface area contributed by atoms with Crippen LogP contribution in [0, 0.1) is 5.82 Å². The topological polar surface area (TPSA) is 39.4 Å². The molecular formula is C17H11FO3. The van der Waals surface area contributed by atoms with Crippen LogP contribution in [-0.2, 0) is 0 Å². The van der Waals surface area contributed by atoms with Crippen LogP contribution in [0.25, 0.3) is 11.3 Å². The van der Waals surface area contributed by atoms with E-state index in [1.54, 1.807) is 30.3 Å². The molecule has 0 fully saturated rings. The third kappa shape index (κ3) is 2.84. The maximum atomic E-state index is 12.9. The summed E-state index contributed by atoms with van der Waals surface area (Å²) in [5.74, 6) is 1.55. The van der Waals surface area contributed by atoms with Gasteiger partial charge in [0.2, 0.25) is 0 Å². The fourth-order valence-electron chi connectivity index (χ4n) is 1.95. The van der Waals surface area contributed by atoms with E-state index in [0.29, 0.717) is 23.5 Å². The van der Waals surface area contributed by atoms with E-state index in [-0.39, 0.29) is 11.6 Å². The van der Waals surface area contributed by atoms with Crippen LogP contribution in [0.5, 0.6) is 11.5 Å². The fraction of sp³-hybridized carbons (Fsp3) is 0. The van der Waals surface area contributed by atoms with Gasteiger partial charge in [0, 0.05) is 0 Å². The molecule has 0 aliphatic carbocycles. The van der Waals surface area contributed by atoms with Crippen LogP contribution in [0.3, 0.4) is 0 Å². The van der Waals surface area contributed by atoms with Gasteiger partial charge < -0.3 is 9.15 Å². The molecule has 3 aromatic rings. The molecule has 3 rings (SSSR count). The van der Waals surface area contributed by atoms with Crippen molar-refractivity contribution in [2.24, 2.45) is 0 Å². The molecule has 0 bridgehead atoms. The normalized spacial score (nSPS) is 10.3. The number of para-hydroxylation sites is 1. The third-order valence-corrected chi connectivity index (χ3v) is 2.94. The molecule has 1 heterocycles. The van der Waals surface area contributed by atoms with Crippen molar-refractivity contribution in [1.82, 2.24) is 0 Å². The molecule has 0 spiro atoms. The highest BCUT2D eigenvalue weighted by Crippen LogP contribution is 2.34. The first-order chi connectivity index (χ1) is 10.3. The molecule has 0 aliphatic heterocycles. The second-order valence-corrected chi connectivity index (χ2v) is 4.37. The second kappa shape index (κ2) is 5.63. The lowest BCUT2D eigenvalue weighted by molar-refractivity contribution is 0.110. The van der Waals surface area contributed by atoms with Crippen molar-refractivity contribution < 1.29 is 18.3 Å². The van der Waals surface area contributed by atoms with Gasteiger partial charge in [0.15, 0.2) is 12.0 Å². The van der Waals surface area contributed by atoms with Gasteiger partial charge in [-0.05, 0) is 48.5 Å². The van der Waals surface area contributed by atoms with E-state index in [1.165, 1.54) is 12.1 Å². The van der Waals surface area contributed by atoms with Crippen molar-refractivity contribution >= 4 is 6.29 Å². The van der Waals surface area contributed by atoms with Crippen LogP contribution in [-0.4, -0.2) is 6.29 Å². The number of ether oxygens (including phenoxy) is 1. The van der Waals surface area contributed by atoms with Gasteiger partial charge in [0.05, 0.1) is 5.56 Å². The summed E-state index contributed by atoms with van der Waals surface area (Å²) in [4.78, 5) is 10.7. The van der Waals surface area contributed by atoms with E-state index < -0.39 is 0 Å². The van der Waals surface area contributed by atoms with Crippen molar-refractivity contribution in [3.05, 3.63) is 72.2 Å². The number of halogens is 1. The van der Waals surface area contributed by atoms with Crippen LogP contribution in [0.1, 0.15) is 10.6 Å². The van der Waals surface area contributed by atoms with Crippen molar-refractivity contribution in [2.45, 2.75) is 0 Å². The summed E-state index contributed by atoms with van der Waals surface area (Å²) in [5, 5.41) is 0. The lowest BCUT2D eigenvalue weighted by Crippen LogP contribution is -1.87. The van der Waals surface area contributed by atoms with E-state index in [9.17, 15) is 9.18 Å². The summed E-state index contributed by atoms with van der Waals surface area (Å²) in [6.07, 6.45) is 0.646. The zero-order chi connectivity index (χ0) is 14.7. The van der Waals surface area contributed by atoms with Gasteiger partial charge in [-0.15, -0.1) is 0 Å². The Balaban J connectivity index is 1.95. The Morgan fingerprint density at radius 3 is 2.43 bits per heavy atom. The summed E-state index contributed by atoms with van der Waals surface area (Å²) in [7, 11) is 0. The zero-order valence-electron chi connectivity index (χ0n) is 11.0. The number of furan rings is 1. The lowest BCUT2D eigenvalue weighted by atomic mass is 10.1. The first kappa shape index (κ1) is 13.1. The fourth-order valence-corrected chi connectivity index (χ4v) is 1.95. The molecule has 0 N–H and O–H groups in total. The van der Waals surface area contributed by atoms with E-state index in [4.69, 9.17) is 9.15 Å². The quantitative estimate of drug-likeness (QED) is 0.652. The van der Waals surface area contributed by atoms with Gasteiger partial charge in [-0.2, -0.15) is 0 Å². The number of carbonyl (C=O) groups is 1. The summed E-state index contributed by atoms with van der Waals surface area (Å²) in [6.45, 7) is 0. The Bertz CT molecular complexity index is 760. The predicted molar refractivity (Wildman–Crippen MR) is 76.0 cm³/mol. The number of rotatable bonds is 4. The molecule has 0 atom stereocenters. The van der Waals surface area contributed by atoms with E-state index in [1.807, 2.05) is 18.2 Å². The Morgan fingerprint density at radius 2 is 1.71 bits per heavy atom. The molecule has 0 amide bonds. The van der Waals surface area contributed by atoms with Crippen LogP contribution in [0.4, 0.5) is 4.39 Å². The van der Waals surface area contributed by atoms with Crippen molar-refractivity contribution in [2.75, 3.05) is 0 Å². The smallest absolute Gasteiger partial charge is 0.185 e. The average Bonchev–Trinajstić information content (AvgIpc) is 2.99. The van der Waals surface area contributed by atoms with E-state index in [2.05, 4.69) is 0 Å². The van der Waals surface area contributed by atoms with Gasteiger partial charge >= 0.3 is 0 Å². The molecule has 1 aromatic heterocycles. The Labute approximate surface area is 120 Å². The molecular weight excluding hydrogens is 271 g/mol. The lowest BCUT2D eigenvalue weighted by Gasteiger charge is -2.09. The molecule has 3 nitrogen and oxygen atoms in total. The van der Waals surface area contributed by atoms with Gasteiger partial charge in [-0.3, -0.25) is 4.79 Å². The van der Waals surface area contributed by atoms with Crippen LogP contribution < -0.4 is 4.74 Å². The Kier molecular flexibility index (Phi) is 3.51. The summed E-state index contributed by atoms with van der Waals surface area (Å²) < 4.78 is 24.1. The van der Waals surface area contributed by atoms with Crippen molar-refractivity contribution in [3.63, 3.8) is 0 Å². The first-order valence-corrected chi connectivity index (χ1v) is 6.34. The Morgan fingerprint density at radius 1 is 0.952 bits per heavy atom. The summed E-state index contributed by atoms with van der Waals surface area (Å²) in [6, 6.07) is 16.3. The Hall–Kier alpha value is -2.88. The van der Waals surface area contributed by atoms with Crippen molar-refractivity contribution in [1.29, 1.82) is 0 Å². The standard InChI is InChI=1S/C17H11FO3/c18-12-5-7-13(8-6-12)20-16-4-2-1-3-15(16)17-10-9-14(11-19)21-17/h1-11H. The molecule has 0 radical (unpaired) electrons. The molecule has 4 heteroatoms. The van der Waals surface area contributed by atoms with Gasteiger partial charge in [0.1, 0.15) is 23.1 Å². The molecule has 104 valence electrons. The predicted octanol–water partition coefficient (Wildman–Crippen LogP) is 4.69. The zero-order valence-corrected chi connectivity index (χ0v) is 11.0. The molecule has 0 saturated heterocycles. The van der Waals surface area contributed by atoms with Crippen molar-refractivity contribution in [3.8, 4) is 22.8 Å². The minimum absolute atomic E-state index is 0.251.